The Morgan fingerprint density at radius 1 is 1.32 bits per heavy atom. The molecule has 0 bridgehead atoms. The van der Waals surface area contributed by atoms with Crippen LogP contribution in [-0.2, 0) is 17.8 Å². The Morgan fingerprint density at radius 2 is 2.16 bits per heavy atom. The van der Waals surface area contributed by atoms with Crippen molar-refractivity contribution in [2.45, 2.75) is 52.1 Å². The lowest BCUT2D eigenvalue weighted by Gasteiger charge is -2.19. The lowest BCUT2D eigenvalue weighted by Crippen LogP contribution is -2.39. The summed E-state index contributed by atoms with van der Waals surface area (Å²) >= 11 is 1.56. The predicted molar refractivity (Wildman–Crippen MR) is 120 cm³/mol. The highest BCUT2D eigenvalue weighted by molar-refractivity contribution is 7.13. The van der Waals surface area contributed by atoms with Crippen molar-refractivity contribution < 1.29 is 9.32 Å². The van der Waals surface area contributed by atoms with Crippen LogP contribution < -0.4 is 5.32 Å². The summed E-state index contributed by atoms with van der Waals surface area (Å²) in [5.74, 6) is 1.62. The highest BCUT2D eigenvalue weighted by Gasteiger charge is 2.32. The summed E-state index contributed by atoms with van der Waals surface area (Å²) in [5.41, 5.74) is 4.62. The molecule has 1 aromatic carbocycles. The molecule has 0 radical (unpaired) electrons. The van der Waals surface area contributed by atoms with Crippen molar-refractivity contribution in [3.8, 4) is 10.7 Å². The van der Waals surface area contributed by atoms with Gasteiger partial charge in [-0.05, 0) is 67.3 Å². The molecule has 4 aromatic rings. The van der Waals surface area contributed by atoms with Crippen LogP contribution in [0.1, 0.15) is 36.3 Å². The number of imidazole rings is 1. The largest absolute Gasteiger partial charge is 0.351 e. The average molecular weight is 436 g/mol. The predicted octanol–water partition coefficient (Wildman–Crippen LogP) is 4.29. The van der Waals surface area contributed by atoms with Crippen molar-refractivity contribution in [2.24, 2.45) is 5.92 Å². The summed E-state index contributed by atoms with van der Waals surface area (Å²) in [5, 5.41) is 9.22. The molecule has 7 nitrogen and oxygen atoms in total. The molecule has 1 aliphatic carbocycles. The molecule has 1 fully saturated rings. The summed E-state index contributed by atoms with van der Waals surface area (Å²) in [6.07, 6.45) is 4.97. The van der Waals surface area contributed by atoms with Crippen LogP contribution in [0.5, 0.6) is 0 Å². The molecule has 0 aliphatic heterocycles. The number of fused-ring (bicyclic) bond motifs is 1. The number of hydrogen-bond acceptors (Lipinski definition) is 6. The number of rotatable bonds is 8. The van der Waals surface area contributed by atoms with Crippen molar-refractivity contribution >= 4 is 28.3 Å². The number of nitrogens with one attached hydrogen (secondary N) is 1. The molecule has 160 valence electrons. The third kappa shape index (κ3) is 4.39. The van der Waals surface area contributed by atoms with Crippen LogP contribution >= 0.6 is 11.3 Å². The Balaban J connectivity index is 1.22. The summed E-state index contributed by atoms with van der Waals surface area (Å²) in [4.78, 5) is 22.6. The van der Waals surface area contributed by atoms with E-state index in [1.807, 2.05) is 23.8 Å². The Hall–Kier alpha value is -3.00. The van der Waals surface area contributed by atoms with Gasteiger partial charge in [-0.2, -0.15) is 4.98 Å². The number of hydrogen-bond donors (Lipinski definition) is 1. The number of nitrogens with zero attached hydrogens (tertiary/aromatic N) is 4. The van der Waals surface area contributed by atoms with Gasteiger partial charge in [-0.1, -0.05) is 11.2 Å². The van der Waals surface area contributed by atoms with E-state index in [1.165, 1.54) is 11.1 Å². The van der Waals surface area contributed by atoms with Crippen molar-refractivity contribution in [1.29, 1.82) is 0 Å². The maximum absolute atomic E-state index is 12.7. The quantitative estimate of drug-likeness (QED) is 0.446. The van der Waals surface area contributed by atoms with Gasteiger partial charge in [0.15, 0.2) is 0 Å². The van der Waals surface area contributed by atoms with E-state index < -0.39 is 0 Å². The topological polar surface area (TPSA) is 85.8 Å². The highest BCUT2D eigenvalue weighted by atomic mass is 32.1. The van der Waals surface area contributed by atoms with Crippen LogP contribution in [0.4, 0.5) is 0 Å². The van der Waals surface area contributed by atoms with E-state index >= 15 is 0 Å². The van der Waals surface area contributed by atoms with E-state index in [4.69, 9.17) is 4.52 Å². The summed E-state index contributed by atoms with van der Waals surface area (Å²) in [6.45, 7) is 4.96. The van der Waals surface area contributed by atoms with Gasteiger partial charge >= 0.3 is 0 Å². The van der Waals surface area contributed by atoms with Gasteiger partial charge in [-0.15, -0.1) is 11.3 Å². The van der Waals surface area contributed by atoms with E-state index in [9.17, 15) is 4.79 Å². The molecule has 1 amide bonds. The molecule has 1 atom stereocenters. The molecule has 31 heavy (non-hydrogen) atoms. The first kappa shape index (κ1) is 19.9. The lowest BCUT2D eigenvalue weighted by atomic mass is 10.1. The lowest BCUT2D eigenvalue weighted by molar-refractivity contribution is -0.122. The summed E-state index contributed by atoms with van der Waals surface area (Å²) in [7, 11) is 0. The van der Waals surface area contributed by atoms with Crippen molar-refractivity contribution in [1.82, 2.24) is 25.0 Å². The zero-order chi connectivity index (χ0) is 21.4. The van der Waals surface area contributed by atoms with E-state index in [-0.39, 0.29) is 11.9 Å². The fourth-order valence-corrected chi connectivity index (χ4v) is 4.49. The first-order chi connectivity index (χ1) is 15.1. The third-order valence-corrected chi connectivity index (χ3v) is 6.81. The molecule has 1 N–H and O–H groups in total. The number of thiophene rings is 1. The van der Waals surface area contributed by atoms with Gasteiger partial charge in [-0.3, -0.25) is 4.79 Å². The minimum atomic E-state index is 0.0178. The molecule has 0 saturated heterocycles. The normalized spacial score (nSPS) is 14.8. The molecule has 1 aliphatic rings. The fraction of sp³-hybridized carbons (Fsp3) is 0.391. The number of aromatic nitrogens is 4. The van der Waals surface area contributed by atoms with E-state index in [0.717, 1.165) is 35.3 Å². The second-order valence-corrected chi connectivity index (χ2v) is 9.27. The Bertz CT molecular complexity index is 1210. The van der Waals surface area contributed by atoms with Gasteiger partial charge in [0.1, 0.15) is 0 Å². The Morgan fingerprint density at radius 3 is 2.94 bits per heavy atom. The van der Waals surface area contributed by atoms with Crippen molar-refractivity contribution in [3.05, 3.63) is 53.0 Å². The molecule has 5 rings (SSSR count). The molecule has 1 saturated carbocycles. The number of amides is 1. The van der Waals surface area contributed by atoms with Crippen LogP contribution in [-0.4, -0.2) is 31.6 Å². The minimum absolute atomic E-state index is 0.0178. The summed E-state index contributed by atoms with van der Waals surface area (Å²) in [6, 6.07) is 8.32. The maximum Gasteiger partial charge on any atom is 0.227 e. The monoisotopic (exact) mass is 435 g/mol. The molecule has 8 heteroatoms. The molecule has 1 unspecified atom stereocenters. The minimum Gasteiger partial charge on any atom is -0.351 e. The van der Waals surface area contributed by atoms with Crippen molar-refractivity contribution in [2.75, 3.05) is 0 Å². The first-order valence-electron chi connectivity index (χ1n) is 10.6. The van der Waals surface area contributed by atoms with E-state index in [0.29, 0.717) is 30.5 Å². The number of aryl methyl sites for hydroxylation is 3. The SMILES string of the molecule is Cc1cc2ncn(CC(NC(=O)CCc3nc(-c4cccs4)no3)C3CC3)c2cc1C. The van der Waals surface area contributed by atoms with Crippen LogP contribution in [0.15, 0.2) is 40.5 Å². The van der Waals surface area contributed by atoms with E-state index in [2.05, 4.69) is 51.0 Å². The second kappa shape index (κ2) is 8.26. The Kier molecular flexibility index (Phi) is 5.31. The molecule has 0 spiro atoms. The fourth-order valence-electron chi connectivity index (χ4n) is 3.84. The highest BCUT2D eigenvalue weighted by Crippen LogP contribution is 2.34. The number of carbonyl (C=O) groups is 1. The third-order valence-electron chi connectivity index (χ3n) is 5.94. The smallest absolute Gasteiger partial charge is 0.227 e. The van der Waals surface area contributed by atoms with Gasteiger partial charge < -0.3 is 14.4 Å². The molecule has 3 aromatic heterocycles. The second-order valence-electron chi connectivity index (χ2n) is 8.32. The first-order valence-corrected chi connectivity index (χ1v) is 11.5. The summed E-state index contributed by atoms with van der Waals surface area (Å²) < 4.78 is 7.47. The van der Waals surface area contributed by atoms with Gasteiger partial charge in [0, 0.05) is 25.4 Å². The number of benzene rings is 1. The zero-order valence-electron chi connectivity index (χ0n) is 17.7. The van der Waals surface area contributed by atoms with Crippen LogP contribution in [0.2, 0.25) is 0 Å². The van der Waals surface area contributed by atoms with Crippen LogP contribution in [0, 0.1) is 19.8 Å². The van der Waals surface area contributed by atoms with Crippen LogP contribution in [0.25, 0.3) is 21.7 Å². The Labute approximate surface area is 184 Å². The van der Waals surface area contributed by atoms with Gasteiger partial charge in [0.2, 0.25) is 17.6 Å². The standard InChI is InChI=1S/C23H25N5O2S/c1-14-10-17-19(11-15(14)2)28(13-24-17)12-18(16-5-6-16)25-21(29)7-8-22-26-23(27-30-22)20-4-3-9-31-20/h3-4,9-11,13,16,18H,5-8,12H2,1-2H3,(H,25,29). The molecular weight excluding hydrogens is 410 g/mol. The zero-order valence-corrected chi connectivity index (χ0v) is 18.5. The van der Waals surface area contributed by atoms with Crippen molar-refractivity contribution in [3.63, 3.8) is 0 Å². The number of carbonyl (C=O) groups excluding carboxylic acids is 1. The van der Waals surface area contributed by atoms with Gasteiger partial charge in [0.25, 0.3) is 0 Å². The average Bonchev–Trinajstić information content (AvgIpc) is 3.13. The van der Waals surface area contributed by atoms with E-state index in [1.54, 1.807) is 11.3 Å². The van der Waals surface area contributed by atoms with Gasteiger partial charge in [0.05, 0.1) is 22.2 Å². The molecule has 3 heterocycles. The van der Waals surface area contributed by atoms with Crippen LogP contribution in [0.3, 0.4) is 0 Å². The van der Waals surface area contributed by atoms with Gasteiger partial charge in [-0.25, -0.2) is 4.98 Å². The maximum atomic E-state index is 12.7. The molecular formula is C23H25N5O2S.